The molecule has 2 aromatic rings. The molecule has 2 rings (SSSR count). The molecule has 0 amide bonds. The third kappa shape index (κ3) is 2.96. The largest absolute Gasteiger partial charge is 0.377 e. The minimum Gasteiger partial charge on any atom is -0.377 e. The number of anilines is 1. The highest BCUT2D eigenvalue weighted by Crippen LogP contribution is 2.23. The van der Waals surface area contributed by atoms with Crippen molar-refractivity contribution in [1.82, 2.24) is 4.98 Å². The van der Waals surface area contributed by atoms with Crippen molar-refractivity contribution in [3.8, 4) is 0 Å². The topological polar surface area (TPSA) is 24.9 Å². The number of hydrogen-bond acceptors (Lipinski definition) is 2. The molecular formula is C13H11ClF2N2. The Morgan fingerprint density at radius 3 is 2.61 bits per heavy atom. The summed E-state index contributed by atoms with van der Waals surface area (Å²) < 4.78 is 25.7. The van der Waals surface area contributed by atoms with Crippen LogP contribution >= 0.6 is 11.6 Å². The van der Waals surface area contributed by atoms with Gasteiger partial charge in [-0.1, -0.05) is 17.7 Å². The van der Waals surface area contributed by atoms with Gasteiger partial charge in [-0.25, -0.2) is 9.37 Å². The number of aromatic nitrogens is 1. The number of halogens is 3. The first-order valence-corrected chi connectivity index (χ1v) is 5.77. The summed E-state index contributed by atoms with van der Waals surface area (Å²) >= 11 is 5.72. The number of hydrogen-bond donors (Lipinski definition) is 1. The van der Waals surface area contributed by atoms with Crippen molar-refractivity contribution in [3.05, 3.63) is 58.9 Å². The van der Waals surface area contributed by atoms with E-state index < -0.39 is 11.8 Å². The Hall–Kier alpha value is -1.68. The molecule has 0 saturated carbocycles. The molecule has 0 aliphatic rings. The van der Waals surface area contributed by atoms with Gasteiger partial charge in [-0.05, 0) is 36.8 Å². The molecule has 1 atom stereocenters. The Kier molecular flexibility index (Phi) is 3.77. The first-order chi connectivity index (χ1) is 8.56. The van der Waals surface area contributed by atoms with Gasteiger partial charge < -0.3 is 5.32 Å². The summed E-state index contributed by atoms with van der Waals surface area (Å²) in [5.74, 6) is -0.978. The van der Waals surface area contributed by atoms with Crippen LogP contribution in [0.2, 0.25) is 5.02 Å². The second kappa shape index (κ2) is 5.31. The van der Waals surface area contributed by atoms with Crippen molar-refractivity contribution in [2.24, 2.45) is 0 Å². The van der Waals surface area contributed by atoms with E-state index in [2.05, 4.69) is 10.3 Å². The maximum atomic E-state index is 13.0. The van der Waals surface area contributed by atoms with Crippen LogP contribution in [0.15, 0.2) is 36.5 Å². The molecule has 94 valence electrons. The molecule has 0 aliphatic heterocycles. The van der Waals surface area contributed by atoms with E-state index in [1.54, 1.807) is 18.2 Å². The van der Waals surface area contributed by atoms with Crippen LogP contribution in [0.25, 0.3) is 0 Å². The molecule has 1 unspecified atom stereocenters. The highest BCUT2D eigenvalue weighted by molar-refractivity contribution is 6.30. The molecule has 1 aromatic carbocycles. The minimum absolute atomic E-state index is 0.0818. The summed E-state index contributed by atoms with van der Waals surface area (Å²) in [5.41, 5.74) is 1.52. The molecule has 0 fully saturated rings. The summed E-state index contributed by atoms with van der Waals surface area (Å²) in [6.07, 6.45) is 1.40. The molecule has 5 heteroatoms. The fourth-order valence-corrected chi connectivity index (χ4v) is 1.77. The Balaban J connectivity index is 2.13. The van der Waals surface area contributed by atoms with Gasteiger partial charge in [-0.3, -0.25) is 0 Å². The molecule has 0 bridgehead atoms. The molecule has 0 radical (unpaired) electrons. The standard InChI is InChI=1S/C13H11ClF2N2/c1-8(9-2-4-12(15)11(14)6-9)18-10-3-5-13(16)17-7-10/h2-8,18H,1H3. The molecule has 1 heterocycles. The minimum atomic E-state index is -0.530. The number of benzene rings is 1. The lowest BCUT2D eigenvalue weighted by molar-refractivity contribution is 0.584. The van der Waals surface area contributed by atoms with Gasteiger partial charge in [-0.2, -0.15) is 4.39 Å². The highest BCUT2D eigenvalue weighted by Gasteiger charge is 2.08. The van der Waals surface area contributed by atoms with Gasteiger partial charge in [0.1, 0.15) is 5.82 Å². The van der Waals surface area contributed by atoms with Crippen molar-refractivity contribution in [1.29, 1.82) is 0 Å². The van der Waals surface area contributed by atoms with Crippen molar-refractivity contribution in [2.45, 2.75) is 13.0 Å². The van der Waals surface area contributed by atoms with Gasteiger partial charge in [-0.15, -0.1) is 0 Å². The lowest BCUT2D eigenvalue weighted by Crippen LogP contribution is -2.07. The second-order valence-corrected chi connectivity index (χ2v) is 4.32. The predicted octanol–water partition coefficient (Wildman–Crippen LogP) is 4.19. The van der Waals surface area contributed by atoms with E-state index in [0.29, 0.717) is 5.69 Å². The van der Waals surface area contributed by atoms with Crippen molar-refractivity contribution in [3.63, 3.8) is 0 Å². The van der Waals surface area contributed by atoms with E-state index >= 15 is 0 Å². The maximum Gasteiger partial charge on any atom is 0.212 e. The zero-order chi connectivity index (χ0) is 13.1. The second-order valence-electron chi connectivity index (χ2n) is 3.91. The lowest BCUT2D eigenvalue weighted by atomic mass is 10.1. The summed E-state index contributed by atoms with van der Waals surface area (Å²) in [6.45, 7) is 1.90. The Morgan fingerprint density at radius 2 is 2.00 bits per heavy atom. The summed E-state index contributed by atoms with van der Waals surface area (Å²) in [6, 6.07) is 7.30. The zero-order valence-electron chi connectivity index (χ0n) is 9.62. The third-order valence-corrected chi connectivity index (χ3v) is 2.84. The van der Waals surface area contributed by atoms with E-state index in [1.165, 1.54) is 18.3 Å². The smallest absolute Gasteiger partial charge is 0.212 e. The fraction of sp³-hybridized carbons (Fsp3) is 0.154. The Bertz CT molecular complexity index is 543. The van der Waals surface area contributed by atoms with Crippen LogP contribution in [-0.2, 0) is 0 Å². The van der Waals surface area contributed by atoms with E-state index in [-0.39, 0.29) is 11.1 Å². The fourth-order valence-electron chi connectivity index (χ4n) is 1.58. The lowest BCUT2D eigenvalue weighted by Gasteiger charge is -2.15. The summed E-state index contributed by atoms with van der Waals surface area (Å²) in [4.78, 5) is 3.54. The van der Waals surface area contributed by atoms with Crippen LogP contribution in [0.4, 0.5) is 14.5 Å². The summed E-state index contributed by atoms with van der Waals surface area (Å²) in [7, 11) is 0. The van der Waals surface area contributed by atoms with Gasteiger partial charge in [0.25, 0.3) is 0 Å². The predicted molar refractivity (Wildman–Crippen MR) is 67.6 cm³/mol. The Morgan fingerprint density at radius 1 is 1.22 bits per heavy atom. The van der Waals surface area contributed by atoms with Gasteiger partial charge in [0, 0.05) is 6.04 Å². The zero-order valence-corrected chi connectivity index (χ0v) is 10.4. The van der Waals surface area contributed by atoms with Crippen LogP contribution in [0.3, 0.4) is 0 Å². The van der Waals surface area contributed by atoms with Crippen LogP contribution in [0.5, 0.6) is 0 Å². The van der Waals surface area contributed by atoms with Crippen molar-refractivity contribution in [2.75, 3.05) is 5.32 Å². The van der Waals surface area contributed by atoms with E-state index in [9.17, 15) is 8.78 Å². The normalized spacial score (nSPS) is 12.2. The SMILES string of the molecule is CC(Nc1ccc(F)nc1)c1ccc(F)c(Cl)c1. The van der Waals surface area contributed by atoms with Gasteiger partial charge in [0.15, 0.2) is 0 Å². The van der Waals surface area contributed by atoms with Crippen LogP contribution in [0.1, 0.15) is 18.5 Å². The molecule has 0 saturated heterocycles. The maximum absolute atomic E-state index is 13.0. The van der Waals surface area contributed by atoms with Crippen LogP contribution in [-0.4, -0.2) is 4.98 Å². The monoisotopic (exact) mass is 268 g/mol. The highest BCUT2D eigenvalue weighted by atomic mass is 35.5. The van der Waals surface area contributed by atoms with Gasteiger partial charge >= 0.3 is 0 Å². The van der Waals surface area contributed by atoms with Crippen molar-refractivity contribution < 1.29 is 8.78 Å². The van der Waals surface area contributed by atoms with E-state index in [0.717, 1.165) is 5.56 Å². The van der Waals surface area contributed by atoms with E-state index in [1.807, 2.05) is 6.92 Å². The van der Waals surface area contributed by atoms with Gasteiger partial charge in [0.05, 0.1) is 16.9 Å². The molecule has 2 nitrogen and oxygen atoms in total. The number of nitrogens with zero attached hydrogens (tertiary/aromatic N) is 1. The first kappa shape index (κ1) is 12.8. The number of nitrogens with one attached hydrogen (secondary N) is 1. The summed E-state index contributed by atoms with van der Waals surface area (Å²) in [5, 5.41) is 3.20. The molecule has 0 spiro atoms. The average molecular weight is 269 g/mol. The number of rotatable bonds is 3. The average Bonchev–Trinajstić information content (AvgIpc) is 2.35. The number of pyridine rings is 1. The molecule has 1 N–H and O–H groups in total. The molecule has 1 aromatic heterocycles. The van der Waals surface area contributed by atoms with Gasteiger partial charge in [0.2, 0.25) is 5.95 Å². The molecule has 18 heavy (non-hydrogen) atoms. The Labute approximate surface area is 109 Å². The molecule has 0 aliphatic carbocycles. The third-order valence-electron chi connectivity index (χ3n) is 2.55. The first-order valence-electron chi connectivity index (χ1n) is 5.39. The molecular weight excluding hydrogens is 258 g/mol. The quantitative estimate of drug-likeness (QED) is 0.845. The van der Waals surface area contributed by atoms with E-state index in [4.69, 9.17) is 11.6 Å². The van der Waals surface area contributed by atoms with Crippen molar-refractivity contribution >= 4 is 17.3 Å². The van der Waals surface area contributed by atoms with Crippen LogP contribution < -0.4 is 5.32 Å². The van der Waals surface area contributed by atoms with Crippen LogP contribution in [0, 0.1) is 11.8 Å².